The van der Waals surface area contributed by atoms with Crippen LogP contribution in [-0.4, -0.2) is 43.2 Å². The van der Waals surface area contributed by atoms with Crippen LogP contribution in [0.5, 0.6) is 0 Å². The van der Waals surface area contributed by atoms with E-state index in [1.54, 1.807) is 6.20 Å². The quantitative estimate of drug-likeness (QED) is 0.884. The third-order valence-corrected chi connectivity index (χ3v) is 4.77. The maximum atomic E-state index is 12.3. The van der Waals surface area contributed by atoms with Crippen LogP contribution in [-0.2, 0) is 9.53 Å². The lowest BCUT2D eigenvalue weighted by Crippen LogP contribution is -2.44. The van der Waals surface area contributed by atoms with Crippen molar-refractivity contribution in [1.82, 2.24) is 4.98 Å². The Hall–Kier alpha value is -1.66. The third kappa shape index (κ3) is 4.20. The number of amides is 1. The fourth-order valence-corrected chi connectivity index (χ4v) is 3.28. The van der Waals surface area contributed by atoms with Gasteiger partial charge in [-0.05, 0) is 50.2 Å². The molecular weight excluding hydrogens is 292 g/mol. The van der Waals surface area contributed by atoms with E-state index < -0.39 is 6.04 Å². The summed E-state index contributed by atoms with van der Waals surface area (Å²) in [5, 5.41) is 2.88. The molecule has 2 saturated heterocycles. The number of nitrogens with zero attached hydrogens (tertiary/aromatic N) is 2. The molecule has 2 fully saturated rings. The average Bonchev–Trinajstić information content (AvgIpc) is 2.63. The maximum Gasteiger partial charge on any atom is 0.241 e. The first-order valence-corrected chi connectivity index (χ1v) is 8.59. The summed E-state index contributed by atoms with van der Waals surface area (Å²) in [5.74, 6) is 1.05. The van der Waals surface area contributed by atoms with Crippen LogP contribution < -0.4 is 16.0 Å². The van der Waals surface area contributed by atoms with E-state index in [1.807, 2.05) is 12.1 Å². The minimum absolute atomic E-state index is 0.135. The van der Waals surface area contributed by atoms with Gasteiger partial charge in [0.05, 0.1) is 17.9 Å². The van der Waals surface area contributed by atoms with Gasteiger partial charge in [-0.1, -0.05) is 0 Å². The highest BCUT2D eigenvalue weighted by Gasteiger charge is 2.26. The van der Waals surface area contributed by atoms with Crippen molar-refractivity contribution in [3.05, 3.63) is 18.3 Å². The Kier molecular flexibility index (Phi) is 5.46. The zero-order chi connectivity index (χ0) is 16.1. The number of hydrogen-bond acceptors (Lipinski definition) is 5. The molecule has 6 heteroatoms. The standard InChI is InChI=1S/C17H26N4O2/c18-16(13-6-10-23-11-7-13)17(22)20-14-4-5-15(19-12-14)21-8-2-1-3-9-21/h4-5,12-13,16H,1-3,6-11,18H2,(H,20,22). The molecule has 0 saturated carbocycles. The number of rotatable bonds is 4. The Labute approximate surface area is 137 Å². The molecule has 0 aromatic carbocycles. The van der Waals surface area contributed by atoms with E-state index in [1.165, 1.54) is 19.3 Å². The molecule has 2 aliphatic heterocycles. The van der Waals surface area contributed by atoms with Crippen molar-refractivity contribution < 1.29 is 9.53 Å². The van der Waals surface area contributed by atoms with E-state index in [4.69, 9.17) is 10.5 Å². The summed E-state index contributed by atoms with van der Waals surface area (Å²) >= 11 is 0. The van der Waals surface area contributed by atoms with Gasteiger partial charge in [-0.3, -0.25) is 4.79 Å². The number of ether oxygens (including phenoxy) is 1. The van der Waals surface area contributed by atoms with E-state index in [2.05, 4.69) is 15.2 Å². The highest BCUT2D eigenvalue weighted by Crippen LogP contribution is 2.21. The van der Waals surface area contributed by atoms with Gasteiger partial charge in [-0.25, -0.2) is 4.98 Å². The third-order valence-electron chi connectivity index (χ3n) is 4.77. The molecule has 2 aliphatic rings. The fourth-order valence-electron chi connectivity index (χ4n) is 3.28. The second kappa shape index (κ2) is 7.75. The zero-order valence-electron chi connectivity index (χ0n) is 13.5. The van der Waals surface area contributed by atoms with Crippen molar-refractivity contribution in [2.24, 2.45) is 11.7 Å². The van der Waals surface area contributed by atoms with Crippen molar-refractivity contribution >= 4 is 17.4 Å². The van der Waals surface area contributed by atoms with Crippen molar-refractivity contribution in [3.63, 3.8) is 0 Å². The molecule has 1 aromatic heterocycles. The van der Waals surface area contributed by atoms with Gasteiger partial charge in [0.2, 0.25) is 5.91 Å². The number of pyridine rings is 1. The highest BCUT2D eigenvalue weighted by atomic mass is 16.5. The number of anilines is 2. The fraction of sp³-hybridized carbons (Fsp3) is 0.647. The Morgan fingerprint density at radius 2 is 2.00 bits per heavy atom. The normalized spacial score (nSPS) is 21.0. The first-order valence-electron chi connectivity index (χ1n) is 8.59. The molecule has 1 aromatic rings. The summed E-state index contributed by atoms with van der Waals surface area (Å²) in [5.41, 5.74) is 6.80. The van der Waals surface area contributed by atoms with Gasteiger partial charge in [0.25, 0.3) is 0 Å². The predicted molar refractivity (Wildman–Crippen MR) is 90.4 cm³/mol. The summed E-state index contributed by atoms with van der Waals surface area (Å²) in [6.45, 7) is 3.51. The molecule has 0 spiro atoms. The Morgan fingerprint density at radius 1 is 1.26 bits per heavy atom. The van der Waals surface area contributed by atoms with Gasteiger partial charge in [-0.15, -0.1) is 0 Å². The van der Waals surface area contributed by atoms with Gasteiger partial charge >= 0.3 is 0 Å². The number of carbonyl (C=O) groups excluding carboxylic acids is 1. The summed E-state index contributed by atoms with van der Waals surface area (Å²) in [6.07, 6.45) is 7.16. The SMILES string of the molecule is NC(C(=O)Nc1ccc(N2CCCCC2)nc1)C1CCOCC1. The number of carbonyl (C=O) groups is 1. The van der Waals surface area contributed by atoms with Crippen LogP contribution in [0.15, 0.2) is 18.3 Å². The lowest BCUT2D eigenvalue weighted by atomic mass is 9.92. The van der Waals surface area contributed by atoms with Crippen LogP contribution in [0.25, 0.3) is 0 Å². The summed E-state index contributed by atoms with van der Waals surface area (Å²) in [4.78, 5) is 19.1. The minimum atomic E-state index is -0.485. The highest BCUT2D eigenvalue weighted by molar-refractivity contribution is 5.94. The average molecular weight is 318 g/mol. The molecule has 126 valence electrons. The smallest absolute Gasteiger partial charge is 0.241 e. The van der Waals surface area contributed by atoms with Crippen molar-refractivity contribution in [2.75, 3.05) is 36.5 Å². The van der Waals surface area contributed by atoms with E-state index in [-0.39, 0.29) is 11.8 Å². The first-order chi connectivity index (χ1) is 11.2. The van der Waals surface area contributed by atoms with Crippen LogP contribution in [0.1, 0.15) is 32.1 Å². The molecule has 3 heterocycles. The monoisotopic (exact) mass is 318 g/mol. The topological polar surface area (TPSA) is 80.5 Å². The lowest BCUT2D eigenvalue weighted by Gasteiger charge is -2.28. The first kappa shape index (κ1) is 16.2. The largest absolute Gasteiger partial charge is 0.381 e. The summed E-state index contributed by atoms with van der Waals surface area (Å²) in [6, 6.07) is 3.40. The van der Waals surface area contributed by atoms with E-state index in [9.17, 15) is 4.79 Å². The van der Waals surface area contributed by atoms with Gasteiger partial charge in [0.15, 0.2) is 0 Å². The molecule has 0 aliphatic carbocycles. The van der Waals surface area contributed by atoms with E-state index in [0.717, 1.165) is 31.7 Å². The molecule has 3 N–H and O–H groups in total. The predicted octanol–water partition coefficient (Wildman–Crippen LogP) is 1.76. The maximum absolute atomic E-state index is 12.3. The Morgan fingerprint density at radius 3 is 2.65 bits per heavy atom. The molecule has 23 heavy (non-hydrogen) atoms. The molecule has 1 unspecified atom stereocenters. The van der Waals surface area contributed by atoms with Crippen LogP contribution >= 0.6 is 0 Å². The van der Waals surface area contributed by atoms with Crippen molar-refractivity contribution in [3.8, 4) is 0 Å². The Bertz CT molecular complexity index is 508. The molecule has 0 bridgehead atoms. The van der Waals surface area contributed by atoms with Crippen LogP contribution in [0.4, 0.5) is 11.5 Å². The Balaban J connectivity index is 1.55. The molecule has 1 atom stereocenters. The van der Waals surface area contributed by atoms with Gasteiger partial charge < -0.3 is 20.7 Å². The minimum Gasteiger partial charge on any atom is -0.381 e. The van der Waals surface area contributed by atoms with Crippen molar-refractivity contribution in [2.45, 2.75) is 38.1 Å². The number of hydrogen-bond donors (Lipinski definition) is 2. The zero-order valence-corrected chi connectivity index (χ0v) is 13.5. The summed E-state index contributed by atoms with van der Waals surface area (Å²) < 4.78 is 5.32. The van der Waals surface area contributed by atoms with Gasteiger partial charge in [-0.2, -0.15) is 0 Å². The van der Waals surface area contributed by atoms with Crippen molar-refractivity contribution in [1.29, 1.82) is 0 Å². The van der Waals surface area contributed by atoms with Gasteiger partial charge in [0, 0.05) is 26.3 Å². The number of nitrogens with one attached hydrogen (secondary N) is 1. The van der Waals surface area contributed by atoms with E-state index in [0.29, 0.717) is 18.9 Å². The summed E-state index contributed by atoms with van der Waals surface area (Å²) in [7, 11) is 0. The molecule has 1 amide bonds. The molecule has 6 nitrogen and oxygen atoms in total. The van der Waals surface area contributed by atoms with Crippen LogP contribution in [0, 0.1) is 5.92 Å². The van der Waals surface area contributed by atoms with E-state index >= 15 is 0 Å². The number of nitrogens with two attached hydrogens (primary N) is 1. The number of piperidine rings is 1. The second-order valence-electron chi connectivity index (χ2n) is 6.42. The lowest BCUT2D eigenvalue weighted by molar-refractivity contribution is -0.119. The number of aromatic nitrogens is 1. The van der Waals surface area contributed by atoms with Gasteiger partial charge in [0.1, 0.15) is 5.82 Å². The second-order valence-corrected chi connectivity index (χ2v) is 6.42. The van der Waals surface area contributed by atoms with Crippen LogP contribution in [0.2, 0.25) is 0 Å². The van der Waals surface area contributed by atoms with Crippen LogP contribution in [0.3, 0.4) is 0 Å². The molecular formula is C17H26N4O2. The molecule has 0 radical (unpaired) electrons. The molecule has 3 rings (SSSR count).